The molecule has 0 bridgehead atoms. The predicted octanol–water partition coefficient (Wildman–Crippen LogP) is 1.37. The number of benzene rings is 1. The van der Waals surface area contributed by atoms with E-state index < -0.39 is 0 Å². The number of H-pyrrole nitrogens is 1. The predicted molar refractivity (Wildman–Crippen MR) is 80.7 cm³/mol. The van der Waals surface area contributed by atoms with Crippen molar-refractivity contribution in [2.24, 2.45) is 5.10 Å². The maximum Gasteiger partial charge on any atom is 0.216 e. The molecule has 0 radical (unpaired) electrons. The molecule has 1 aromatic heterocycles. The van der Waals surface area contributed by atoms with E-state index in [1.54, 1.807) is 32.6 Å². The minimum absolute atomic E-state index is 0.0223. The Morgan fingerprint density at radius 3 is 2.81 bits per heavy atom. The van der Waals surface area contributed by atoms with Gasteiger partial charge in [-0.25, -0.2) is 0 Å². The summed E-state index contributed by atoms with van der Waals surface area (Å²) in [5.41, 5.74) is 0.825. The van der Waals surface area contributed by atoms with Gasteiger partial charge in [-0.05, 0) is 36.0 Å². The van der Waals surface area contributed by atoms with Crippen molar-refractivity contribution in [3.8, 4) is 11.5 Å². The molecule has 0 amide bonds. The number of nitrogens with one attached hydrogen (secondary N) is 1. The lowest BCUT2D eigenvalue weighted by molar-refractivity contribution is 0.295. The summed E-state index contributed by atoms with van der Waals surface area (Å²) < 4.78 is 12.3. The summed E-state index contributed by atoms with van der Waals surface area (Å²) in [6.07, 6.45) is 2.00. The number of ether oxygens (including phenoxy) is 2. The van der Waals surface area contributed by atoms with E-state index in [1.807, 2.05) is 6.07 Å². The summed E-state index contributed by atoms with van der Waals surface area (Å²) in [7, 11) is 3.15. The van der Waals surface area contributed by atoms with Crippen LogP contribution in [0.1, 0.15) is 11.4 Å². The first-order chi connectivity index (χ1) is 10.2. The van der Waals surface area contributed by atoms with E-state index in [4.69, 9.17) is 26.8 Å². The molecule has 0 aliphatic carbocycles. The molecule has 7 nitrogen and oxygen atoms in total. The molecule has 0 saturated carbocycles. The summed E-state index contributed by atoms with van der Waals surface area (Å²) in [5.74, 6) is 1.84. The van der Waals surface area contributed by atoms with Crippen LogP contribution in [0.5, 0.6) is 11.5 Å². The van der Waals surface area contributed by atoms with Gasteiger partial charge in [-0.1, -0.05) is 0 Å². The van der Waals surface area contributed by atoms with Crippen LogP contribution >= 0.6 is 12.2 Å². The van der Waals surface area contributed by atoms with E-state index in [2.05, 4.69) is 15.3 Å². The van der Waals surface area contributed by atoms with E-state index >= 15 is 0 Å². The second kappa shape index (κ2) is 7.00. The normalized spacial score (nSPS) is 11.0. The third-order valence-electron chi connectivity index (χ3n) is 2.78. The summed E-state index contributed by atoms with van der Waals surface area (Å²) in [6.45, 7) is -0.0223. The number of aliphatic hydroxyl groups excluding tert-OH is 1. The largest absolute Gasteiger partial charge is 0.493 e. The lowest BCUT2D eigenvalue weighted by Gasteiger charge is -2.07. The Hall–Kier alpha value is -2.19. The zero-order valence-electron chi connectivity index (χ0n) is 11.7. The number of hydrogen-bond acceptors (Lipinski definition) is 6. The van der Waals surface area contributed by atoms with Crippen LogP contribution < -0.4 is 9.47 Å². The van der Waals surface area contributed by atoms with E-state index in [1.165, 1.54) is 4.68 Å². The number of aromatic amines is 1. The highest BCUT2D eigenvalue weighted by atomic mass is 32.1. The standard InChI is InChI=1S/C13H16N4O3S/c1-19-10-4-3-9(7-11(10)20-2)8-14-17-12(5-6-18)15-16-13(17)21/h3-4,7-8,18H,5-6H2,1-2H3,(H,16,21). The second-order valence-electron chi connectivity index (χ2n) is 4.09. The first kappa shape index (κ1) is 15.2. The van der Waals surface area contributed by atoms with Crippen LogP contribution in [0.2, 0.25) is 0 Å². The molecule has 2 rings (SSSR count). The maximum absolute atomic E-state index is 8.98. The number of aliphatic hydroxyl groups is 1. The average Bonchev–Trinajstić information content (AvgIpc) is 2.85. The smallest absolute Gasteiger partial charge is 0.216 e. The quantitative estimate of drug-likeness (QED) is 0.622. The zero-order chi connectivity index (χ0) is 15.2. The van der Waals surface area contributed by atoms with Gasteiger partial charge in [0.15, 0.2) is 17.3 Å². The molecule has 1 aromatic carbocycles. The molecule has 0 aliphatic heterocycles. The summed E-state index contributed by atoms with van der Waals surface area (Å²) >= 11 is 5.10. The minimum atomic E-state index is -0.0223. The minimum Gasteiger partial charge on any atom is -0.493 e. The van der Waals surface area contributed by atoms with Gasteiger partial charge in [0, 0.05) is 6.42 Å². The Labute approximate surface area is 126 Å². The fraction of sp³-hybridized carbons (Fsp3) is 0.308. The fourth-order valence-electron chi connectivity index (χ4n) is 1.76. The van der Waals surface area contributed by atoms with Gasteiger partial charge in [-0.15, -0.1) is 0 Å². The molecular weight excluding hydrogens is 292 g/mol. The van der Waals surface area contributed by atoms with Crippen LogP contribution in [0.15, 0.2) is 23.3 Å². The highest BCUT2D eigenvalue weighted by molar-refractivity contribution is 7.71. The molecule has 2 aromatic rings. The van der Waals surface area contributed by atoms with Crippen LogP contribution in [0.4, 0.5) is 0 Å². The monoisotopic (exact) mass is 308 g/mol. The van der Waals surface area contributed by atoms with Gasteiger partial charge in [-0.3, -0.25) is 5.10 Å². The van der Waals surface area contributed by atoms with Crippen molar-refractivity contribution in [2.75, 3.05) is 20.8 Å². The Morgan fingerprint density at radius 1 is 1.38 bits per heavy atom. The molecule has 8 heteroatoms. The molecule has 0 aliphatic rings. The van der Waals surface area contributed by atoms with Gasteiger partial charge < -0.3 is 14.6 Å². The maximum atomic E-state index is 8.98. The molecule has 0 atom stereocenters. The molecule has 0 spiro atoms. The molecule has 21 heavy (non-hydrogen) atoms. The van der Waals surface area contributed by atoms with Gasteiger partial charge in [0.1, 0.15) is 0 Å². The lowest BCUT2D eigenvalue weighted by atomic mass is 10.2. The number of methoxy groups -OCH3 is 2. The Balaban J connectivity index is 2.29. The lowest BCUT2D eigenvalue weighted by Crippen LogP contribution is -2.02. The van der Waals surface area contributed by atoms with Crippen molar-refractivity contribution in [3.63, 3.8) is 0 Å². The summed E-state index contributed by atoms with van der Waals surface area (Å²) in [6, 6.07) is 5.45. The number of rotatable bonds is 6. The van der Waals surface area contributed by atoms with Crippen molar-refractivity contribution in [3.05, 3.63) is 34.4 Å². The number of hydrogen-bond donors (Lipinski definition) is 2. The van der Waals surface area contributed by atoms with Crippen LogP contribution in [0.3, 0.4) is 0 Å². The number of aromatic nitrogens is 3. The summed E-state index contributed by atoms with van der Waals surface area (Å²) in [5, 5.41) is 19.9. The highest BCUT2D eigenvalue weighted by Crippen LogP contribution is 2.26. The number of nitrogens with zero attached hydrogens (tertiary/aromatic N) is 3. The highest BCUT2D eigenvalue weighted by Gasteiger charge is 2.05. The second-order valence-corrected chi connectivity index (χ2v) is 4.48. The van der Waals surface area contributed by atoms with Crippen molar-refractivity contribution in [1.29, 1.82) is 0 Å². The third kappa shape index (κ3) is 3.47. The van der Waals surface area contributed by atoms with Gasteiger partial charge in [-0.2, -0.15) is 14.9 Å². The molecule has 0 unspecified atom stereocenters. The average molecular weight is 308 g/mol. The zero-order valence-corrected chi connectivity index (χ0v) is 12.6. The van der Waals surface area contributed by atoms with E-state index in [0.29, 0.717) is 28.5 Å². The molecular formula is C13H16N4O3S. The van der Waals surface area contributed by atoms with Gasteiger partial charge in [0.2, 0.25) is 4.77 Å². The van der Waals surface area contributed by atoms with Crippen LogP contribution in [-0.4, -0.2) is 47.0 Å². The Morgan fingerprint density at radius 2 is 2.14 bits per heavy atom. The third-order valence-corrected chi connectivity index (χ3v) is 3.05. The van der Waals surface area contributed by atoms with Crippen molar-refractivity contribution < 1.29 is 14.6 Å². The topological polar surface area (TPSA) is 84.7 Å². The van der Waals surface area contributed by atoms with E-state index in [9.17, 15) is 0 Å². The summed E-state index contributed by atoms with van der Waals surface area (Å²) in [4.78, 5) is 0. The van der Waals surface area contributed by atoms with Crippen LogP contribution in [-0.2, 0) is 6.42 Å². The van der Waals surface area contributed by atoms with Crippen LogP contribution in [0, 0.1) is 4.77 Å². The Kier molecular flexibility index (Phi) is 5.07. The molecule has 0 saturated heterocycles. The van der Waals surface area contributed by atoms with E-state index in [0.717, 1.165) is 5.56 Å². The first-order valence-corrected chi connectivity index (χ1v) is 6.64. The van der Waals surface area contributed by atoms with Gasteiger partial charge >= 0.3 is 0 Å². The van der Waals surface area contributed by atoms with Crippen LogP contribution in [0.25, 0.3) is 0 Å². The van der Waals surface area contributed by atoms with Gasteiger partial charge in [0.25, 0.3) is 0 Å². The molecule has 112 valence electrons. The van der Waals surface area contributed by atoms with Gasteiger partial charge in [0.05, 0.1) is 27.0 Å². The first-order valence-electron chi connectivity index (χ1n) is 6.23. The Bertz CT molecular complexity index is 693. The van der Waals surface area contributed by atoms with E-state index in [-0.39, 0.29) is 6.61 Å². The van der Waals surface area contributed by atoms with Crippen molar-refractivity contribution in [1.82, 2.24) is 14.9 Å². The van der Waals surface area contributed by atoms with Crippen molar-refractivity contribution >= 4 is 18.4 Å². The SMILES string of the molecule is COc1ccc(C=Nn2c(CCO)n[nH]c2=S)cc1OC. The molecule has 1 heterocycles. The van der Waals surface area contributed by atoms with Crippen molar-refractivity contribution in [2.45, 2.75) is 6.42 Å². The molecule has 2 N–H and O–H groups in total. The molecule has 0 fully saturated rings. The fourth-order valence-corrected chi connectivity index (χ4v) is 1.96.